The molecule has 0 heterocycles. The molecular weight excluding hydrogens is 248 g/mol. The molecule has 4 heteroatoms. The van der Waals surface area contributed by atoms with E-state index in [9.17, 15) is 4.79 Å². The van der Waals surface area contributed by atoms with E-state index in [2.05, 4.69) is 20.8 Å². The van der Waals surface area contributed by atoms with Crippen molar-refractivity contribution in [3.05, 3.63) is 29.8 Å². The van der Waals surface area contributed by atoms with Gasteiger partial charge in [-0.1, -0.05) is 39.0 Å². The van der Waals surface area contributed by atoms with Gasteiger partial charge in [-0.2, -0.15) is 0 Å². The van der Waals surface area contributed by atoms with E-state index < -0.39 is 0 Å². The molecule has 0 aliphatic carbocycles. The molecule has 1 aromatic rings. The highest BCUT2D eigenvalue weighted by Crippen LogP contribution is 2.23. The monoisotopic (exact) mass is 268 g/mol. The lowest BCUT2D eigenvalue weighted by atomic mass is 10.2. The van der Waals surface area contributed by atoms with Crippen molar-refractivity contribution >= 4 is 17.7 Å². The Bertz CT molecular complexity index is 396. The number of hydrogen-bond acceptors (Lipinski definition) is 4. The Balaban J connectivity index is 2.43. The lowest BCUT2D eigenvalue weighted by Crippen LogP contribution is -2.15. The van der Waals surface area contributed by atoms with Crippen LogP contribution in [0, 0.1) is 0 Å². The van der Waals surface area contributed by atoms with Crippen molar-refractivity contribution in [2.45, 2.75) is 32.1 Å². The summed E-state index contributed by atoms with van der Waals surface area (Å²) < 4.78 is 10.5. The molecule has 0 radical (unpaired) electrons. The third-order valence-electron chi connectivity index (χ3n) is 2.20. The molecule has 100 valence electrons. The number of rotatable bonds is 5. The van der Waals surface area contributed by atoms with Gasteiger partial charge in [-0.05, 0) is 6.07 Å². The zero-order valence-electron chi connectivity index (χ0n) is 11.4. The maximum absolute atomic E-state index is 11.6. The molecule has 1 rings (SSSR count). The van der Waals surface area contributed by atoms with Gasteiger partial charge in [0, 0.05) is 10.3 Å². The van der Waals surface area contributed by atoms with E-state index in [0.29, 0.717) is 5.75 Å². The molecule has 0 unspecified atom stereocenters. The van der Waals surface area contributed by atoms with Gasteiger partial charge in [0.1, 0.15) is 12.4 Å². The minimum atomic E-state index is -0.194. The quantitative estimate of drug-likeness (QED) is 0.768. The molecule has 0 amide bonds. The Morgan fingerprint density at radius 3 is 2.56 bits per heavy atom. The fraction of sp³-hybridized carbons (Fsp3) is 0.500. The Hall–Kier alpha value is -1.16. The first kappa shape index (κ1) is 14.9. The van der Waals surface area contributed by atoms with Crippen molar-refractivity contribution < 1.29 is 14.3 Å². The maximum Gasteiger partial charge on any atom is 0.316 e. The minimum absolute atomic E-state index is 0.0729. The second kappa shape index (κ2) is 6.69. The van der Waals surface area contributed by atoms with Gasteiger partial charge in [0.25, 0.3) is 0 Å². The highest BCUT2D eigenvalue weighted by atomic mass is 32.2. The number of ether oxygens (including phenoxy) is 2. The van der Waals surface area contributed by atoms with Crippen LogP contribution in [-0.4, -0.2) is 23.6 Å². The number of carbonyl (C=O) groups is 1. The number of benzene rings is 1. The summed E-state index contributed by atoms with van der Waals surface area (Å²) in [7, 11) is 1.61. The van der Waals surface area contributed by atoms with E-state index >= 15 is 0 Å². The van der Waals surface area contributed by atoms with Crippen LogP contribution in [0.3, 0.4) is 0 Å². The van der Waals surface area contributed by atoms with Gasteiger partial charge in [0.2, 0.25) is 0 Å². The van der Waals surface area contributed by atoms with Crippen LogP contribution in [-0.2, 0) is 16.1 Å². The predicted molar refractivity (Wildman–Crippen MR) is 75.0 cm³/mol. The molecule has 0 spiro atoms. The maximum atomic E-state index is 11.6. The van der Waals surface area contributed by atoms with E-state index in [4.69, 9.17) is 9.47 Å². The van der Waals surface area contributed by atoms with Gasteiger partial charge >= 0.3 is 5.97 Å². The molecule has 3 nitrogen and oxygen atoms in total. The molecule has 0 saturated heterocycles. The van der Waals surface area contributed by atoms with E-state index in [1.807, 2.05) is 24.3 Å². The zero-order chi connectivity index (χ0) is 13.6. The van der Waals surface area contributed by atoms with Crippen LogP contribution in [0.15, 0.2) is 24.3 Å². The van der Waals surface area contributed by atoms with E-state index in [-0.39, 0.29) is 17.3 Å². The molecule has 0 N–H and O–H groups in total. The highest BCUT2D eigenvalue weighted by molar-refractivity contribution is 8.01. The van der Waals surface area contributed by atoms with Gasteiger partial charge in [0.15, 0.2) is 0 Å². The third kappa shape index (κ3) is 5.45. The Morgan fingerprint density at radius 1 is 1.28 bits per heavy atom. The summed E-state index contributed by atoms with van der Waals surface area (Å²) in [5.41, 5.74) is 0.883. The van der Waals surface area contributed by atoms with Crippen molar-refractivity contribution in [3.8, 4) is 5.75 Å². The first-order chi connectivity index (χ1) is 8.42. The Kier molecular flexibility index (Phi) is 5.54. The normalized spacial score (nSPS) is 11.1. The summed E-state index contributed by atoms with van der Waals surface area (Å²) >= 11 is 1.58. The molecule has 0 saturated carbocycles. The number of thioether (sulfide) groups is 1. The highest BCUT2D eigenvalue weighted by Gasteiger charge is 2.14. The standard InChI is InChI=1S/C14H20O3S/c1-14(2,3)18-10-13(15)17-9-11-7-5-6-8-12(11)16-4/h5-8H,9-10H2,1-4H3. The summed E-state index contributed by atoms with van der Waals surface area (Å²) in [6, 6.07) is 7.53. The first-order valence-electron chi connectivity index (χ1n) is 5.84. The number of esters is 1. The Morgan fingerprint density at radius 2 is 1.94 bits per heavy atom. The van der Waals surface area contributed by atoms with Gasteiger partial charge < -0.3 is 9.47 Å². The van der Waals surface area contributed by atoms with Gasteiger partial charge in [-0.15, -0.1) is 11.8 Å². The lowest BCUT2D eigenvalue weighted by Gasteiger charge is -2.16. The van der Waals surface area contributed by atoms with Crippen LogP contribution >= 0.6 is 11.8 Å². The van der Waals surface area contributed by atoms with Crippen LogP contribution in [0.4, 0.5) is 0 Å². The first-order valence-corrected chi connectivity index (χ1v) is 6.82. The lowest BCUT2D eigenvalue weighted by molar-refractivity contribution is -0.141. The number of methoxy groups -OCH3 is 1. The summed E-state index contributed by atoms with van der Waals surface area (Å²) in [6.45, 7) is 6.48. The minimum Gasteiger partial charge on any atom is -0.496 e. The topological polar surface area (TPSA) is 35.5 Å². The zero-order valence-corrected chi connectivity index (χ0v) is 12.2. The van der Waals surface area contributed by atoms with Crippen molar-refractivity contribution in [2.24, 2.45) is 0 Å². The molecule has 0 aromatic heterocycles. The molecule has 0 bridgehead atoms. The van der Waals surface area contributed by atoms with Crippen LogP contribution < -0.4 is 4.74 Å². The van der Waals surface area contributed by atoms with Crippen molar-refractivity contribution in [3.63, 3.8) is 0 Å². The van der Waals surface area contributed by atoms with Gasteiger partial charge in [0.05, 0.1) is 12.9 Å². The molecule has 1 aromatic carbocycles. The van der Waals surface area contributed by atoms with Crippen LogP contribution in [0.25, 0.3) is 0 Å². The van der Waals surface area contributed by atoms with Gasteiger partial charge in [-0.3, -0.25) is 4.79 Å². The summed E-state index contributed by atoms with van der Waals surface area (Å²) in [5.74, 6) is 0.924. The van der Waals surface area contributed by atoms with Crippen LogP contribution in [0.2, 0.25) is 0 Å². The second-order valence-electron chi connectivity index (χ2n) is 4.87. The number of para-hydroxylation sites is 1. The molecule has 0 atom stereocenters. The van der Waals surface area contributed by atoms with E-state index in [1.54, 1.807) is 18.9 Å². The fourth-order valence-electron chi connectivity index (χ4n) is 1.30. The molecule has 0 aliphatic rings. The fourth-order valence-corrected chi connectivity index (χ4v) is 1.93. The number of carbonyl (C=O) groups excluding carboxylic acids is 1. The smallest absolute Gasteiger partial charge is 0.316 e. The van der Waals surface area contributed by atoms with Crippen molar-refractivity contribution in [1.82, 2.24) is 0 Å². The van der Waals surface area contributed by atoms with Gasteiger partial charge in [-0.25, -0.2) is 0 Å². The summed E-state index contributed by atoms with van der Waals surface area (Å²) in [6.07, 6.45) is 0. The molecular formula is C14H20O3S. The van der Waals surface area contributed by atoms with Crippen LogP contribution in [0.1, 0.15) is 26.3 Å². The molecule has 18 heavy (non-hydrogen) atoms. The van der Waals surface area contributed by atoms with Crippen molar-refractivity contribution in [2.75, 3.05) is 12.9 Å². The third-order valence-corrected chi connectivity index (χ3v) is 3.45. The second-order valence-corrected chi connectivity index (χ2v) is 6.68. The molecule has 0 fully saturated rings. The summed E-state index contributed by atoms with van der Waals surface area (Å²) in [4.78, 5) is 11.6. The average Bonchev–Trinajstić information content (AvgIpc) is 2.33. The summed E-state index contributed by atoms with van der Waals surface area (Å²) in [5, 5.41) is 0. The Labute approximate surface area is 113 Å². The predicted octanol–water partition coefficient (Wildman–Crippen LogP) is 3.27. The molecule has 0 aliphatic heterocycles. The largest absolute Gasteiger partial charge is 0.496 e. The van der Waals surface area contributed by atoms with E-state index in [0.717, 1.165) is 11.3 Å². The van der Waals surface area contributed by atoms with Crippen LogP contribution in [0.5, 0.6) is 5.75 Å². The van der Waals surface area contributed by atoms with Crippen molar-refractivity contribution in [1.29, 1.82) is 0 Å². The van der Waals surface area contributed by atoms with E-state index in [1.165, 1.54) is 0 Å². The number of hydrogen-bond donors (Lipinski definition) is 0. The SMILES string of the molecule is COc1ccccc1COC(=O)CSC(C)(C)C. The average molecular weight is 268 g/mol.